The number of methoxy groups -OCH3 is 1. The van der Waals surface area contributed by atoms with Crippen molar-refractivity contribution in [3.8, 4) is 11.5 Å². The maximum absolute atomic E-state index is 11.8. The van der Waals surface area contributed by atoms with Gasteiger partial charge in [-0.15, -0.1) is 0 Å². The van der Waals surface area contributed by atoms with Crippen molar-refractivity contribution in [3.63, 3.8) is 0 Å². The van der Waals surface area contributed by atoms with Gasteiger partial charge in [0.25, 0.3) is 11.8 Å². The molecule has 0 aliphatic heterocycles. The molecular formula is C15H19ClN6O5. The highest BCUT2D eigenvalue weighted by Gasteiger charge is 2.15. The van der Waals surface area contributed by atoms with E-state index in [1.54, 1.807) is 12.1 Å². The predicted molar refractivity (Wildman–Crippen MR) is 95.4 cm³/mol. The molecule has 146 valence electrons. The lowest BCUT2D eigenvalue weighted by Crippen LogP contribution is -2.32. The molecule has 0 spiro atoms. The number of nitrogens with one attached hydrogen (secondary N) is 2. The van der Waals surface area contributed by atoms with E-state index in [1.807, 2.05) is 0 Å². The molecule has 0 fully saturated rings. The zero-order valence-corrected chi connectivity index (χ0v) is 15.2. The Morgan fingerprint density at radius 3 is 2.70 bits per heavy atom. The predicted octanol–water partition coefficient (Wildman–Crippen LogP) is -0.302. The molecule has 0 aliphatic carbocycles. The first-order chi connectivity index (χ1) is 12.9. The molecule has 0 saturated heterocycles. The number of carbonyl (C=O) groups excluding carboxylic acids is 2. The monoisotopic (exact) mass is 398 g/mol. The highest BCUT2D eigenvalue weighted by atomic mass is 35.5. The molecule has 2 aromatic rings. The summed E-state index contributed by atoms with van der Waals surface area (Å²) in [5.74, 6) is -0.545. The van der Waals surface area contributed by atoms with Gasteiger partial charge in [0.15, 0.2) is 18.1 Å². The molecule has 12 heteroatoms. The minimum atomic E-state index is -0.621. The molecule has 1 heterocycles. The third-order valence-corrected chi connectivity index (χ3v) is 3.57. The summed E-state index contributed by atoms with van der Waals surface area (Å²) in [6.07, 6.45) is 0. The standard InChI is InChI=1S/C15H19ClN6O5/c1-25-10-5-8(4-9(16)13(10)26-7-11(17)23)6-19-2-3-20-15(24)12-14(18)22-27-21-12/h4-5,19H,2-3,6-7H2,1H3,(H2,17,23)(H2,18,22)(H,20,24). The van der Waals surface area contributed by atoms with Gasteiger partial charge in [-0.3, -0.25) is 9.59 Å². The molecule has 27 heavy (non-hydrogen) atoms. The van der Waals surface area contributed by atoms with Crippen LogP contribution in [-0.4, -0.2) is 48.9 Å². The summed E-state index contributed by atoms with van der Waals surface area (Å²) in [7, 11) is 1.46. The van der Waals surface area contributed by atoms with E-state index in [1.165, 1.54) is 7.11 Å². The highest BCUT2D eigenvalue weighted by Crippen LogP contribution is 2.36. The highest BCUT2D eigenvalue weighted by molar-refractivity contribution is 6.32. The van der Waals surface area contributed by atoms with E-state index >= 15 is 0 Å². The van der Waals surface area contributed by atoms with Crippen LogP contribution in [0.25, 0.3) is 0 Å². The number of halogens is 1. The number of benzene rings is 1. The van der Waals surface area contributed by atoms with Crippen LogP contribution in [0.15, 0.2) is 16.8 Å². The normalized spacial score (nSPS) is 10.4. The number of carbonyl (C=O) groups is 2. The van der Waals surface area contributed by atoms with Crippen LogP contribution in [0.5, 0.6) is 11.5 Å². The van der Waals surface area contributed by atoms with E-state index in [2.05, 4.69) is 25.6 Å². The second-order valence-corrected chi connectivity index (χ2v) is 5.70. The van der Waals surface area contributed by atoms with Crippen molar-refractivity contribution in [1.29, 1.82) is 0 Å². The molecule has 0 saturated carbocycles. The van der Waals surface area contributed by atoms with Gasteiger partial charge in [0.2, 0.25) is 11.5 Å². The lowest BCUT2D eigenvalue weighted by molar-refractivity contribution is -0.119. The van der Waals surface area contributed by atoms with Gasteiger partial charge in [-0.25, -0.2) is 4.63 Å². The number of ether oxygens (including phenoxy) is 2. The number of amides is 2. The zero-order valence-electron chi connectivity index (χ0n) is 14.5. The van der Waals surface area contributed by atoms with E-state index < -0.39 is 11.8 Å². The van der Waals surface area contributed by atoms with E-state index in [4.69, 9.17) is 32.5 Å². The molecule has 11 nitrogen and oxygen atoms in total. The lowest BCUT2D eigenvalue weighted by Gasteiger charge is -2.14. The fraction of sp³-hybridized carbons (Fsp3) is 0.333. The van der Waals surface area contributed by atoms with E-state index in [-0.39, 0.29) is 28.9 Å². The lowest BCUT2D eigenvalue weighted by atomic mass is 10.2. The number of nitrogens with zero attached hydrogens (tertiary/aromatic N) is 2. The van der Waals surface area contributed by atoms with Crippen LogP contribution in [0.4, 0.5) is 5.82 Å². The molecular weight excluding hydrogens is 380 g/mol. The van der Waals surface area contributed by atoms with E-state index in [9.17, 15) is 9.59 Å². The second kappa shape index (κ2) is 9.59. The average Bonchev–Trinajstić information content (AvgIpc) is 3.05. The third kappa shape index (κ3) is 5.72. The molecule has 0 radical (unpaired) electrons. The minimum absolute atomic E-state index is 0.0573. The van der Waals surface area contributed by atoms with Crippen LogP contribution < -0.4 is 31.6 Å². The maximum atomic E-state index is 11.8. The molecule has 1 aromatic carbocycles. The van der Waals surface area contributed by atoms with E-state index in [0.29, 0.717) is 25.4 Å². The molecule has 6 N–H and O–H groups in total. The summed E-state index contributed by atoms with van der Waals surface area (Å²) >= 11 is 6.17. The number of nitrogen functional groups attached to an aromatic ring is 1. The molecule has 0 bridgehead atoms. The number of hydrogen-bond acceptors (Lipinski definition) is 9. The van der Waals surface area contributed by atoms with Crippen molar-refractivity contribution in [1.82, 2.24) is 20.9 Å². The van der Waals surface area contributed by atoms with Crippen molar-refractivity contribution in [2.24, 2.45) is 5.73 Å². The van der Waals surface area contributed by atoms with Gasteiger partial charge in [-0.05, 0) is 28.0 Å². The van der Waals surface area contributed by atoms with Crippen molar-refractivity contribution in [2.45, 2.75) is 6.54 Å². The smallest absolute Gasteiger partial charge is 0.277 e. The number of hydrogen-bond donors (Lipinski definition) is 4. The summed E-state index contributed by atoms with van der Waals surface area (Å²) in [4.78, 5) is 22.6. The second-order valence-electron chi connectivity index (χ2n) is 5.29. The van der Waals surface area contributed by atoms with Gasteiger partial charge >= 0.3 is 0 Å². The van der Waals surface area contributed by atoms with Crippen molar-refractivity contribution >= 4 is 29.2 Å². The van der Waals surface area contributed by atoms with Gasteiger partial charge in [0, 0.05) is 19.6 Å². The van der Waals surface area contributed by atoms with Crippen LogP contribution in [0.2, 0.25) is 5.02 Å². The number of anilines is 1. The Morgan fingerprint density at radius 2 is 2.07 bits per heavy atom. The molecule has 0 unspecified atom stereocenters. The fourth-order valence-corrected chi connectivity index (χ4v) is 2.38. The molecule has 1 aromatic heterocycles. The fourth-order valence-electron chi connectivity index (χ4n) is 2.09. The van der Waals surface area contributed by atoms with Gasteiger partial charge < -0.3 is 31.6 Å². The minimum Gasteiger partial charge on any atom is -0.493 e. The summed E-state index contributed by atoms with van der Waals surface area (Å²) in [6.45, 7) is 0.946. The zero-order chi connectivity index (χ0) is 19.8. The Hall–Kier alpha value is -3.05. The summed E-state index contributed by atoms with van der Waals surface area (Å²) in [5, 5.41) is 12.8. The maximum Gasteiger partial charge on any atom is 0.277 e. The first-order valence-electron chi connectivity index (χ1n) is 7.76. The van der Waals surface area contributed by atoms with Gasteiger partial charge in [-0.2, -0.15) is 0 Å². The molecule has 0 atom stereocenters. The molecule has 0 aliphatic rings. The quantitative estimate of drug-likeness (QED) is 0.392. The Balaban J connectivity index is 1.83. The number of aromatic nitrogens is 2. The van der Waals surface area contributed by atoms with Crippen molar-refractivity contribution in [3.05, 3.63) is 28.4 Å². The average molecular weight is 399 g/mol. The van der Waals surface area contributed by atoms with Crippen LogP contribution in [-0.2, 0) is 11.3 Å². The summed E-state index contributed by atoms with van der Waals surface area (Å²) in [5.41, 5.74) is 11.3. The van der Waals surface area contributed by atoms with Crippen LogP contribution in [0.1, 0.15) is 16.1 Å². The van der Waals surface area contributed by atoms with Crippen LogP contribution in [0, 0.1) is 0 Å². The van der Waals surface area contributed by atoms with Gasteiger partial charge in [0.05, 0.1) is 12.1 Å². The van der Waals surface area contributed by atoms with Crippen LogP contribution in [0.3, 0.4) is 0 Å². The van der Waals surface area contributed by atoms with Gasteiger partial charge in [-0.1, -0.05) is 11.6 Å². The SMILES string of the molecule is COc1cc(CNCCNC(=O)c2nonc2N)cc(Cl)c1OCC(N)=O. The molecule has 2 amide bonds. The third-order valence-electron chi connectivity index (χ3n) is 3.29. The van der Waals surface area contributed by atoms with Crippen LogP contribution >= 0.6 is 11.6 Å². The molecule has 2 rings (SSSR count). The van der Waals surface area contributed by atoms with E-state index in [0.717, 1.165) is 5.56 Å². The Labute approximate surface area is 159 Å². The summed E-state index contributed by atoms with van der Waals surface area (Å²) in [6, 6.07) is 3.39. The van der Waals surface area contributed by atoms with Crippen molar-refractivity contribution in [2.75, 3.05) is 32.5 Å². The Kier molecular flexibility index (Phi) is 7.20. The number of primary amides is 1. The largest absolute Gasteiger partial charge is 0.493 e. The number of nitrogens with two attached hydrogens (primary N) is 2. The first-order valence-corrected chi connectivity index (χ1v) is 8.14. The Morgan fingerprint density at radius 1 is 1.30 bits per heavy atom. The Bertz CT molecular complexity index is 812. The van der Waals surface area contributed by atoms with Gasteiger partial charge in [0.1, 0.15) is 0 Å². The summed E-state index contributed by atoms with van der Waals surface area (Å²) < 4.78 is 14.9. The first kappa shape index (κ1) is 20.3. The van der Waals surface area contributed by atoms with Crippen molar-refractivity contribution < 1.29 is 23.7 Å². The number of rotatable bonds is 10. The topological polar surface area (TPSA) is 168 Å².